The van der Waals surface area contributed by atoms with Crippen LogP contribution in [-0.4, -0.2) is 59.5 Å². The second-order valence-electron chi connectivity index (χ2n) is 6.84. The van der Waals surface area contributed by atoms with Crippen molar-refractivity contribution in [3.05, 3.63) is 35.4 Å². The van der Waals surface area contributed by atoms with E-state index in [2.05, 4.69) is 0 Å². The molecule has 9 heteroatoms. The minimum Gasteiger partial charge on any atom is -0.497 e. The summed E-state index contributed by atoms with van der Waals surface area (Å²) in [6, 6.07) is 4.95. The third kappa shape index (κ3) is 4.57. The van der Waals surface area contributed by atoms with Gasteiger partial charge in [0.15, 0.2) is 15.6 Å². The van der Waals surface area contributed by atoms with Gasteiger partial charge in [0, 0.05) is 18.1 Å². The van der Waals surface area contributed by atoms with Crippen molar-refractivity contribution in [2.45, 2.75) is 36.6 Å². The van der Waals surface area contributed by atoms with Gasteiger partial charge in [0.1, 0.15) is 11.5 Å². The molecular weight excluding hydrogens is 400 g/mol. The fourth-order valence-corrected chi connectivity index (χ4v) is 5.56. The molecule has 1 aromatic rings. The summed E-state index contributed by atoms with van der Waals surface area (Å²) in [7, 11) is -0.762. The standard InChI is InChI=1S/C20H26O8S/c1-4-26-19(21)16-12-20(27-9-10-28-20)8-7-18(16)29(22,23)13-14-5-6-15(24-2)11-17(14)25-3/h5-6,11-12,18H,4,7-10,13H2,1-3H3. The number of methoxy groups -OCH3 is 2. The van der Waals surface area contributed by atoms with Crippen molar-refractivity contribution in [1.29, 1.82) is 0 Å². The van der Waals surface area contributed by atoms with E-state index in [1.165, 1.54) is 20.3 Å². The summed E-state index contributed by atoms with van der Waals surface area (Å²) in [6.07, 6.45) is 2.03. The van der Waals surface area contributed by atoms with Gasteiger partial charge in [-0.1, -0.05) is 6.07 Å². The van der Waals surface area contributed by atoms with Crippen LogP contribution >= 0.6 is 0 Å². The number of hydrogen-bond acceptors (Lipinski definition) is 8. The van der Waals surface area contributed by atoms with Crippen LogP contribution in [0.25, 0.3) is 0 Å². The first-order chi connectivity index (χ1) is 13.8. The van der Waals surface area contributed by atoms with Crippen molar-refractivity contribution < 1.29 is 36.9 Å². The van der Waals surface area contributed by atoms with Gasteiger partial charge in [-0.05, 0) is 25.5 Å². The Morgan fingerprint density at radius 1 is 1.21 bits per heavy atom. The summed E-state index contributed by atoms with van der Waals surface area (Å²) in [5.74, 6) is -1.03. The quantitative estimate of drug-likeness (QED) is 0.611. The van der Waals surface area contributed by atoms with Gasteiger partial charge >= 0.3 is 5.97 Å². The van der Waals surface area contributed by atoms with E-state index < -0.39 is 26.8 Å². The Morgan fingerprint density at radius 3 is 2.55 bits per heavy atom. The molecule has 0 saturated carbocycles. The molecule has 0 aromatic heterocycles. The van der Waals surface area contributed by atoms with Crippen molar-refractivity contribution in [2.24, 2.45) is 0 Å². The zero-order valence-corrected chi connectivity index (χ0v) is 17.6. The first kappa shape index (κ1) is 21.6. The van der Waals surface area contributed by atoms with Crippen molar-refractivity contribution in [3.63, 3.8) is 0 Å². The summed E-state index contributed by atoms with van der Waals surface area (Å²) in [6.45, 7) is 2.61. The molecule has 0 radical (unpaired) electrons. The monoisotopic (exact) mass is 426 g/mol. The minimum atomic E-state index is -3.75. The maximum Gasteiger partial charge on any atom is 0.335 e. The predicted molar refractivity (Wildman–Crippen MR) is 105 cm³/mol. The predicted octanol–water partition coefficient (Wildman–Crippen LogP) is 2.01. The SMILES string of the molecule is CCOC(=O)C1=CC2(CCC1S(=O)(=O)Cc1ccc(OC)cc1OC)OCCO2. The molecule has 1 aliphatic carbocycles. The third-order valence-electron chi connectivity index (χ3n) is 5.05. The molecule has 1 aliphatic heterocycles. The van der Waals surface area contributed by atoms with Crippen LogP contribution in [0, 0.1) is 0 Å². The lowest BCUT2D eigenvalue weighted by molar-refractivity contribution is -0.143. The van der Waals surface area contributed by atoms with Crippen molar-refractivity contribution in [1.82, 2.24) is 0 Å². The molecule has 1 atom stereocenters. The zero-order valence-electron chi connectivity index (χ0n) is 16.8. The average Bonchev–Trinajstić information content (AvgIpc) is 3.15. The Hall–Kier alpha value is -2.10. The fourth-order valence-electron chi connectivity index (χ4n) is 3.65. The number of hydrogen-bond donors (Lipinski definition) is 0. The lowest BCUT2D eigenvalue weighted by Gasteiger charge is -2.33. The molecule has 1 heterocycles. The van der Waals surface area contributed by atoms with E-state index in [-0.39, 0.29) is 24.4 Å². The average molecular weight is 426 g/mol. The summed E-state index contributed by atoms with van der Waals surface area (Å²) in [5.41, 5.74) is 0.553. The van der Waals surface area contributed by atoms with Crippen molar-refractivity contribution in [3.8, 4) is 11.5 Å². The lowest BCUT2D eigenvalue weighted by Crippen LogP contribution is -2.40. The highest BCUT2D eigenvalue weighted by Crippen LogP contribution is 2.38. The van der Waals surface area contributed by atoms with Crippen LogP contribution in [0.1, 0.15) is 25.3 Å². The molecule has 1 saturated heterocycles. The maximum absolute atomic E-state index is 13.3. The number of esters is 1. The van der Waals surface area contributed by atoms with E-state index in [0.717, 1.165) is 0 Å². The highest BCUT2D eigenvalue weighted by molar-refractivity contribution is 7.91. The molecule has 29 heavy (non-hydrogen) atoms. The Balaban J connectivity index is 1.93. The van der Waals surface area contributed by atoms with Gasteiger partial charge in [-0.2, -0.15) is 0 Å². The normalized spacial score (nSPS) is 20.9. The van der Waals surface area contributed by atoms with E-state index in [1.54, 1.807) is 25.1 Å². The van der Waals surface area contributed by atoms with Gasteiger partial charge in [0.25, 0.3) is 0 Å². The Kier molecular flexibility index (Phi) is 6.50. The second kappa shape index (κ2) is 8.73. The number of ether oxygens (including phenoxy) is 5. The number of sulfone groups is 1. The van der Waals surface area contributed by atoms with Gasteiger partial charge in [-0.25, -0.2) is 13.2 Å². The maximum atomic E-state index is 13.3. The van der Waals surface area contributed by atoms with Gasteiger partial charge in [-0.3, -0.25) is 0 Å². The molecule has 0 bridgehead atoms. The largest absolute Gasteiger partial charge is 0.497 e. The zero-order chi connectivity index (χ0) is 21.1. The van der Waals surface area contributed by atoms with Gasteiger partial charge in [0.2, 0.25) is 0 Å². The fraction of sp³-hybridized carbons (Fsp3) is 0.550. The smallest absolute Gasteiger partial charge is 0.335 e. The van der Waals surface area contributed by atoms with E-state index >= 15 is 0 Å². The number of benzene rings is 1. The van der Waals surface area contributed by atoms with Crippen LogP contribution in [0.2, 0.25) is 0 Å². The first-order valence-corrected chi connectivity index (χ1v) is 11.2. The highest BCUT2D eigenvalue weighted by atomic mass is 32.2. The number of carbonyl (C=O) groups excluding carboxylic acids is 1. The number of carbonyl (C=O) groups is 1. The summed E-state index contributed by atoms with van der Waals surface area (Å²) in [5, 5.41) is -1.01. The molecule has 2 aliphatic rings. The molecule has 1 unspecified atom stereocenters. The Bertz CT molecular complexity index is 884. The first-order valence-electron chi connectivity index (χ1n) is 9.44. The number of rotatable bonds is 7. The van der Waals surface area contributed by atoms with Crippen LogP contribution in [0.15, 0.2) is 29.8 Å². The van der Waals surface area contributed by atoms with E-state index in [4.69, 9.17) is 23.7 Å². The van der Waals surface area contributed by atoms with Gasteiger partial charge < -0.3 is 23.7 Å². The molecule has 1 spiro atoms. The molecule has 3 rings (SSSR count). The second-order valence-corrected chi connectivity index (χ2v) is 9.02. The summed E-state index contributed by atoms with van der Waals surface area (Å²) >= 11 is 0. The van der Waals surface area contributed by atoms with Crippen LogP contribution in [-0.2, 0) is 34.6 Å². The van der Waals surface area contributed by atoms with E-state index in [1.807, 2.05) is 0 Å². The lowest BCUT2D eigenvalue weighted by atomic mass is 9.94. The Labute approximate surface area is 170 Å². The van der Waals surface area contributed by atoms with Gasteiger partial charge in [0.05, 0.1) is 50.6 Å². The molecular formula is C20H26O8S. The topological polar surface area (TPSA) is 97.4 Å². The van der Waals surface area contributed by atoms with Crippen LogP contribution < -0.4 is 9.47 Å². The minimum absolute atomic E-state index is 0.0625. The van der Waals surface area contributed by atoms with E-state index in [9.17, 15) is 13.2 Å². The Morgan fingerprint density at radius 2 is 1.93 bits per heavy atom. The van der Waals surface area contributed by atoms with E-state index in [0.29, 0.717) is 36.7 Å². The molecule has 1 aromatic carbocycles. The molecule has 0 amide bonds. The van der Waals surface area contributed by atoms with Gasteiger partial charge in [-0.15, -0.1) is 0 Å². The molecule has 1 fully saturated rings. The van der Waals surface area contributed by atoms with Crippen molar-refractivity contribution >= 4 is 15.8 Å². The third-order valence-corrected chi connectivity index (χ3v) is 7.12. The highest BCUT2D eigenvalue weighted by Gasteiger charge is 2.46. The summed E-state index contributed by atoms with van der Waals surface area (Å²) in [4.78, 5) is 12.5. The molecule has 160 valence electrons. The van der Waals surface area contributed by atoms with Crippen LogP contribution in [0.5, 0.6) is 11.5 Å². The van der Waals surface area contributed by atoms with Crippen LogP contribution in [0.3, 0.4) is 0 Å². The molecule has 8 nitrogen and oxygen atoms in total. The van der Waals surface area contributed by atoms with Crippen molar-refractivity contribution in [2.75, 3.05) is 34.0 Å². The summed E-state index contributed by atoms with van der Waals surface area (Å²) < 4.78 is 53.4. The van der Waals surface area contributed by atoms with Crippen LogP contribution in [0.4, 0.5) is 0 Å². The molecule has 0 N–H and O–H groups in total.